The van der Waals surface area contributed by atoms with E-state index in [0.717, 1.165) is 35.7 Å². The molecule has 8 aromatic carbocycles. The van der Waals surface area contributed by atoms with Gasteiger partial charge in [0, 0.05) is 10.0 Å². The number of rotatable bonds is 40. The minimum absolute atomic E-state index is 0.766. The first kappa shape index (κ1) is 63.4. The third kappa shape index (κ3) is 18.2. The van der Waals surface area contributed by atoms with Crippen LogP contribution in [-0.2, 0) is 25.7 Å². The maximum atomic E-state index is 7.59. The molecule has 0 saturated carbocycles. The molecule has 0 aliphatic heterocycles. The van der Waals surface area contributed by atoms with Crippen LogP contribution in [0.3, 0.4) is 0 Å². The number of hydrogen-bond donors (Lipinski definition) is 0. The Morgan fingerprint density at radius 1 is 0.220 bits per heavy atom. The fourth-order valence-corrected chi connectivity index (χ4v) is 13.9. The summed E-state index contributed by atoms with van der Waals surface area (Å²) >= 11 is 15.2. The first-order valence-corrected chi connectivity index (χ1v) is 34.7. The van der Waals surface area contributed by atoms with Gasteiger partial charge < -0.3 is 0 Å². The van der Waals surface area contributed by atoms with Gasteiger partial charge in [-0.1, -0.05) is 328 Å². The summed E-state index contributed by atoms with van der Waals surface area (Å²) in [5, 5.41) is 8.89. The Morgan fingerprint density at radius 2 is 0.390 bits per heavy atom. The van der Waals surface area contributed by atoms with Gasteiger partial charge in [0.05, 0.1) is 0 Å². The highest BCUT2D eigenvalue weighted by Gasteiger charge is 2.27. The molecule has 8 aromatic rings. The summed E-state index contributed by atoms with van der Waals surface area (Å²) in [6.45, 7) is 9.22. The molecule has 0 aromatic heterocycles. The fourth-order valence-electron chi connectivity index (χ4n) is 13.5. The van der Waals surface area contributed by atoms with Crippen LogP contribution in [0.2, 0.25) is 10.0 Å². The molecule has 0 amide bonds. The van der Waals surface area contributed by atoms with E-state index in [4.69, 9.17) is 23.2 Å². The normalized spacial score (nSPS) is 11.8. The first-order chi connectivity index (χ1) is 40.4. The van der Waals surface area contributed by atoms with Gasteiger partial charge in [0.25, 0.3) is 0 Å². The van der Waals surface area contributed by atoms with Crippen molar-refractivity contribution in [3.8, 4) is 44.5 Å². The zero-order chi connectivity index (χ0) is 57.1. The van der Waals surface area contributed by atoms with Gasteiger partial charge in [-0.3, -0.25) is 0 Å². The van der Waals surface area contributed by atoms with Crippen molar-refractivity contribution in [2.24, 2.45) is 0 Å². The van der Waals surface area contributed by atoms with Crippen LogP contribution in [0.1, 0.15) is 255 Å². The van der Waals surface area contributed by atoms with E-state index in [-0.39, 0.29) is 0 Å². The van der Waals surface area contributed by atoms with Gasteiger partial charge in [-0.2, -0.15) is 0 Å². The minimum atomic E-state index is 0.766. The quantitative estimate of drug-likeness (QED) is 0.0265. The van der Waals surface area contributed by atoms with Crippen LogP contribution in [0.5, 0.6) is 0 Å². The molecule has 8 rings (SSSR count). The number of aryl methyl sites for hydroxylation is 4. The molecule has 0 N–H and O–H groups in total. The minimum Gasteiger partial charge on any atom is -0.0843 e. The molecule has 0 nitrogen and oxygen atoms in total. The van der Waals surface area contributed by atoms with E-state index in [1.165, 1.54) is 305 Å². The van der Waals surface area contributed by atoms with Gasteiger partial charge in [-0.05, 0) is 175 Å². The monoisotopic (exact) mass is 1130 g/mol. The van der Waals surface area contributed by atoms with Gasteiger partial charge in [0.2, 0.25) is 0 Å². The third-order valence-electron chi connectivity index (χ3n) is 18.3. The number of unbranched alkanes of at least 4 members (excludes halogenated alkanes) is 28. The highest BCUT2D eigenvalue weighted by atomic mass is 35.5. The molecule has 2 heteroatoms. The fraction of sp³-hybridized carbons (Fsp3) is 0.500. The Balaban J connectivity index is 1.22. The van der Waals surface area contributed by atoms with Gasteiger partial charge in [-0.25, -0.2) is 0 Å². The molecule has 0 unspecified atom stereocenters. The number of halogens is 2. The van der Waals surface area contributed by atoms with Gasteiger partial charge in [0.15, 0.2) is 0 Å². The predicted molar refractivity (Wildman–Crippen MR) is 367 cm³/mol. The number of hydrogen-bond acceptors (Lipinski definition) is 0. The molecule has 0 bridgehead atoms. The molecule has 82 heavy (non-hydrogen) atoms. The molecule has 0 aliphatic carbocycles. The second-order valence-electron chi connectivity index (χ2n) is 24.9. The van der Waals surface area contributed by atoms with Crippen LogP contribution in [0.15, 0.2) is 121 Å². The number of benzene rings is 8. The Morgan fingerprint density at radius 3 is 0.573 bits per heavy atom. The highest BCUT2D eigenvalue weighted by molar-refractivity contribution is 6.41. The zero-order valence-electron chi connectivity index (χ0n) is 51.8. The van der Waals surface area contributed by atoms with Gasteiger partial charge in [-0.15, -0.1) is 0 Å². The van der Waals surface area contributed by atoms with Gasteiger partial charge >= 0.3 is 0 Å². The van der Waals surface area contributed by atoms with Crippen molar-refractivity contribution >= 4 is 55.5 Å². The molecule has 0 heterocycles. The molecule has 0 spiro atoms. The van der Waals surface area contributed by atoms with Crippen molar-refractivity contribution in [1.82, 2.24) is 0 Å². The molecule has 0 saturated heterocycles. The summed E-state index contributed by atoms with van der Waals surface area (Å²) in [5.74, 6) is 0. The van der Waals surface area contributed by atoms with Crippen LogP contribution in [0, 0.1) is 0 Å². The lowest BCUT2D eigenvalue weighted by molar-refractivity contribution is 0.575. The summed E-state index contributed by atoms with van der Waals surface area (Å²) in [6, 6.07) is 47.6. The maximum absolute atomic E-state index is 7.59. The topological polar surface area (TPSA) is 0 Å². The van der Waals surface area contributed by atoms with E-state index in [1.54, 1.807) is 0 Å². The average molecular weight is 1140 g/mol. The van der Waals surface area contributed by atoms with Crippen molar-refractivity contribution in [1.29, 1.82) is 0 Å². The predicted octanol–water partition coefficient (Wildman–Crippen LogP) is 27.3. The Kier molecular flexibility index (Phi) is 27.1. The third-order valence-corrected chi connectivity index (χ3v) is 18.7. The largest absolute Gasteiger partial charge is 0.0843 e. The van der Waals surface area contributed by atoms with Gasteiger partial charge in [0.1, 0.15) is 0 Å². The van der Waals surface area contributed by atoms with E-state index in [2.05, 4.69) is 149 Å². The van der Waals surface area contributed by atoms with Crippen LogP contribution in [0.4, 0.5) is 0 Å². The standard InChI is InChI=1S/C80H104Cl2/c1-5-9-13-17-21-25-29-33-37-61-41-49-65(50-42-61)75-71-57-69(81)59-73-77(67-53-45-63(46-54-67)39-35-31-27-23-19-15-11-7-3)78(68-55-47-64(48-56-68)40-36-32-28-24-20-16-12-8-4)74-60-70(82)58-72(80(74)79(71)73)76(75)66-51-43-62(44-52-66)38-34-30-26-22-18-14-10-6-2/h41-60H,5-40H2,1-4H3. The second kappa shape index (κ2) is 35.0. The van der Waals surface area contributed by atoms with E-state index in [0.29, 0.717) is 0 Å². The van der Waals surface area contributed by atoms with Crippen LogP contribution < -0.4 is 0 Å². The molecule has 0 radical (unpaired) electrons. The highest BCUT2D eigenvalue weighted by Crippen LogP contribution is 2.54. The molecule has 0 aliphatic rings. The summed E-state index contributed by atoms with van der Waals surface area (Å²) < 4.78 is 0. The lowest BCUT2D eigenvalue weighted by Crippen LogP contribution is -1.99. The summed E-state index contributed by atoms with van der Waals surface area (Å²) in [4.78, 5) is 0. The van der Waals surface area contributed by atoms with Crippen molar-refractivity contribution < 1.29 is 0 Å². The molecule has 0 fully saturated rings. The summed E-state index contributed by atoms with van der Waals surface area (Å²) in [7, 11) is 0. The van der Waals surface area contributed by atoms with Crippen molar-refractivity contribution in [2.75, 3.05) is 0 Å². The van der Waals surface area contributed by atoms with E-state index >= 15 is 0 Å². The molecular weight excluding hydrogens is 1030 g/mol. The average Bonchev–Trinajstić information content (AvgIpc) is 1.29. The van der Waals surface area contributed by atoms with E-state index in [9.17, 15) is 0 Å². The van der Waals surface area contributed by atoms with E-state index in [1.807, 2.05) is 0 Å². The maximum Gasteiger partial charge on any atom is 0.0418 e. The Labute approximate surface area is 509 Å². The van der Waals surface area contributed by atoms with Crippen LogP contribution >= 0.6 is 23.2 Å². The second-order valence-corrected chi connectivity index (χ2v) is 25.8. The van der Waals surface area contributed by atoms with Crippen LogP contribution in [0.25, 0.3) is 76.8 Å². The Bertz CT molecular complexity index is 2650. The zero-order valence-corrected chi connectivity index (χ0v) is 53.3. The Hall–Kier alpha value is -4.62. The first-order valence-electron chi connectivity index (χ1n) is 34.0. The van der Waals surface area contributed by atoms with Crippen molar-refractivity contribution in [3.05, 3.63) is 154 Å². The van der Waals surface area contributed by atoms with Crippen molar-refractivity contribution in [2.45, 2.75) is 259 Å². The summed E-state index contributed by atoms with van der Waals surface area (Å²) in [6.07, 6.45) is 47.2. The van der Waals surface area contributed by atoms with E-state index < -0.39 is 0 Å². The molecule has 438 valence electrons. The lowest BCUT2D eigenvalue weighted by atomic mass is 9.77. The summed E-state index contributed by atoms with van der Waals surface area (Å²) in [5.41, 5.74) is 15.5. The SMILES string of the molecule is CCCCCCCCCCc1ccc(-c2c(-c3ccc(CCCCCCCCCC)cc3)c3cc(Cl)cc4c(-c5ccc(CCCCCCCCCC)cc5)c(-c5ccc(CCCCCCCCCC)cc5)c5cc(Cl)cc2c5c34)cc1. The lowest BCUT2D eigenvalue weighted by Gasteiger charge is -2.26. The molecular formula is C80H104Cl2. The van der Waals surface area contributed by atoms with Crippen LogP contribution in [-0.4, -0.2) is 0 Å². The smallest absolute Gasteiger partial charge is 0.0418 e. The van der Waals surface area contributed by atoms with Crippen molar-refractivity contribution in [3.63, 3.8) is 0 Å². The molecule has 0 atom stereocenters.